The summed E-state index contributed by atoms with van der Waals surface area (Å²) in [5.41, 5.74) is 4.18. The molecule has 0 saturated carbocycles. The Labute approximate surface area is 127 Å². The fourth-order valence-corrected chi connectivity index (χ4v) is 2.52. The number of benzene rings is 2. The summed E-state index contributed by atoms with van der Waals surface area (Å²) in [6, 6.07) is 14.7. The van der Waals surface area contributed by atoms with Gasteiger partial charge in [-0.15, -0.1) is 0 Å². The molecule has 0 aliphatic heterocycles. The third-order valence-electron chi connectivity index (χ3n) is 3.50. The maximum Gasteiger partial charge on any atom is 0.182 e. The number of aryl methyl sites for hydroxylation is 1. The molecule has 1 N–H and O–H groups in total. The van der Waals surface area contributed by atoms with Crippen molar-refractivity contribution in [2.45, 2.75) is 13.3 Å². The number of hydrogen-bond acceptors (Lipinski definition) is 1. The number of H-pyrrole nitrogens is 1. The van der Waals surface area contributed by atoms with Gasteiger partial charge in [-0.3, -0.25) is 4.57 Å². The van der Waals surface area contributed by atoms with Crippen LogP contribution < -0.4 is 0 Å². The molecule has 2 nitrogen and oxygen atoms in total. The van der Waals surface area contributed by atoms with Crippen molar-refractivity contribution in [2.24, 2.45) is 0 Å². The van der Waals surface area contributed by atoms with E-state index < -0.39 is 0 Å². The quantitative estimate of drug-likeness (QED) is 0.682. The first-order valence-corrected chi connectivity index (χ1v) is 7.25. The van der Waals surface area contributed by atoms with Crippen LogP contribution in [0, 0.1) is 10.6 Å². The topological polar surface area (TPSA) is 20.7 Å². The molecule has 0 spiro atoms. The lowest BCUT2D eigenvalue weighted by Gasteiger charge is -2.01. The van der Waals surface area contributed by atoms with E-state index >= 15 is 0 Å². The zero-order valence-electron chi connectivity index (χ0n) is 11.6. The number of nitrogens with zero attached hydrogens (tertiary/aromatic N) is 1. The fourth-order valence-electron chi connectivity index (χ4n) is 2.26. The molecule has 0 fully saturated rings. The minimum Gasteiger partial charge on any atom is -0.330 e. The van der Waals surface area contributed by atoms with Gasteiger partial charge >= 0.3 is 0 Å². The summed E-state index contributed by atoms with van der Waals surface area (Å²) in [5.74, 6) is -0.254. The molecule has 0 radical (unpaired) electrons. The Morgan fingerprint density at radius 1 is 1.05 bits per heavy atom. The van der Waals surface area contributed by atoms with Crippen LogP contribution >= 0.6 is 12.2 Å². The summed E-state index contributed by atoms with van der Waals surface area (Å²) in [6.07, 6.45) is 2.96. The average Bonchev–Trinajstić information content (AvgIpc) is 2.90. The van der Waals surface area contributed by atoms with Crippen molar-refractivity contribution in [3.05, 3.63) is 70.9 Å². The molecule has 1 heterocycles. The number of aromatic amines is 1. The zero-order valence-corrected chi connectivity index (χ0v) is 12.5. The molecule has 0 aliphatic rings. The van der Waals surface area contributed by atoms with Crippen LogP contribution in [-0.2, 0) is 6.42 Å². The van der Waals surface area contributed by atoms with E-state index in [2.05, 4.69) is 36.2 Å². The van der Waals surface area contributed by atoms with Gasteiger partial charge in [0.15, 0.2) is 4.77 Å². The Morgan fingerprint density at radius 3 is 2.33 bits per heavy atom. The second-order valence-electron chi connectivity index (χ2n) is 4.87. The van der Waals surface area contributed by atoms with Gasteiger partial charge in [-0.2, -0.15) is 0 Å². The van der Waals surface area contributed by atoms with Crippen LogP contribution in [0.3, 0.4) is 0 Å². The van der Waals surface area contributed by atoms with E-state index in [0.29, 0.717) is 4.77 Å². The molecule has 106 valence electrons. The van der Waals surface area contributed by atoms with E-state index in [4.69, 9.17) is 12.2 Å². The zero-order chi connectivity index (χ0) is 14.8. The Balaban J connectivity index is 2.00. The minimum atomic E-state index is -0.254. The maximum atomic E-state index is 13.0. The Kier molecular flexibility index (Phi) is 3.71. The first-order chi connectivity index (χ1) is 10.2. The summed E-state index contributed by atoms with van der Waals surface area (Å²) in [6.45, 7) is 2.13. The molecule has 0 saturated heterocycles. The van der Waals surface area contributed by atoms with Crippen molar-refractivity contribution in [3.8, 4) is 16.9 Å². The van der Waals surface area contributed by atoms with Crippen LogP contribution in [-0.4, -0.2) is 9.55 Å². The highest BCUT2D eigenvalue weighted by atomic mass is 32.1. The third-order valence-corrected chi connectivity index (χ3v) is 3.80. The van der Waals surface area contributed by atoms with E-state index in [1.54, 1.807) is 12.1 Å². The van der Waals surface area contributed by atoms with E-state index in [-0.39, 0.29) is 5.82 Å². The Hall–Kier alpha value is -2.20. The van der Waals surface area contributed by atoms with Gasteiger partial charge in [0.1, 0.15) is 5.82 Å². The first-order valence-electron chi connectivity index (χ1n) is 6.84. The summed E-state index contributed by atoms with van der Waals surface area (Å²) < 4.78 is 15.4. The number of nitrogens with one attached hydrogen (secondary N) is 1. The standard InChI is InChI=1S/C17H15FN2S/c1-2-12-3-5-13(6-4-12)16-11-20(17(21)19-16)15-9-7-14(18)8-10-15/h3-11H,2H2,1H3,(H,19,21). The molecule has 0 bridgehead atoms. The van der Waals surface area contributed by atoms with E-state index in [1.165, 1.54) is 17.7 Å². The highest BCUT2D eigenvalue weighted by Crippen LogP contribution is 2.21. The SMILES string of the molecule is CCc1ccc(-c2cn(-c3ccc(F)cc3)c(=S)[nH]2)cc1. The van der Waals surface area contributed by atoms with Crippen LogP contribution in [0.15, 0.2) is 54.7 Å². The van der Waals surface area contributed by atoms with Crippen molar-refractivity contribution in [1.29, 1.82) is 0 Å². The molecule has 0 unspecified atom stereocenters. The van der Waals surface area contributed by atoms with Crippen molar-refractivity contribution < 1.29 is 4.39 Å². The van der Waals surface area contributed by atoms with Crippen LogP contribution in [0.25, 0.3) is 16.9 Å². The lowest BCUT2D eigenvalue weighted by molar-refractivity contribution is 0.627. The first kappa shape index (κ1) is 13.8. The monoisotopic (exact) mass is 298 g/mol. The molecule has 1 aromatic heterocycles. The van der Waals surface area contributed by atoms with E-state index in [1.807, 2.05) is 10.8 Å². The van der Waals surface area contributed by atoms with Crippen LogP contribution in [0.2, 0.25) is 0 Å². The summed E-state index contributed by atoms with van der Waals surface area (Å²) in [4.78, 5) is 3.20. The normalized spacial score (nSPS) is 10.8. The second-order valence-corrected chi connectivity index (χ2v) is 5.26. The van der Waals surface area contributed by atoms with Gasteiger partial charge in [-0.1, -0.05) is 31.2 Å². The Morgan fingerprint density at radius 2 is 1.71 bits per heavy atom. The van der Waals surface area contributed by atoms with Gasteiger partial charge in [-0.05, 0) is 54.0 Å². The van der Waals surface area contributed by atoms with Crippen molar-refractivity contribution >= 4 is 12.2 Å². The number of imidazole rings is 1. The molecule has 2 aromatic carbocycles. The molecule has 0 atom stereocenters. The average molecular weight is 298 g/mol. The van der Waals surface area contributed by atoms with Gasteiger partial charge < -0.3 is 4.98 Å². The third kappa shape index (κ3) is 2.81. The maximum absolute atomic E-state index is 13.0. The number of aromatic nitrogens is 2. The molecule has 21 heavy (non-hydrogen) atoms. The molecule has 0 aliphatic carbocycles. The van der Waals surface area contributed by atoms with Crippen molar-refractivity contribution in [3.63, 3.8) is 0 Å². The highest BCUT2D eigenvalue weighted by molar-refractivity contribution is 7.71. The lowest BCUT2D eigenvalue weighted by atomic mass is 10.1. The van der Waals surface area contributed by atoms with Gasteiger partial charge in [-0.25, -0.2) is 4.39 Å². The fraction of sp³-hybridized carbons (Fsp3) is 0.118. The summed E-state index contributed by atoms with van der Waals surface area (Å²) in [7, 11) is 0. The minimum absolute atomic E-state index is 0.254. The summed E-state index contributed by atoms with van der Waals surface area (Å²) >= 11 is 5.35. The van der Waals surface area contributed by atoms with E-state index in [0.717, 1.165) is 23.4 Å². The largest absolute Gasteiger partial charge is 0.330 e. The Bertz CT molecular complexity index is 798. The molecule has 3 rings (SSSR count). The van der Waals surface area contributed by atoms with Crippen LogP contribution in [0.5, 0.6) is 0 Å². The van der Waals surface area contributed by atoms with Crippen LogP contribution in [0.1, 0.15) is 12.5 Å². The van der Waals surface area contributed by atoms with Crippen molar-refractivity contribution in [2.75, 3.05) is 0 Å². The molecule has 0 amide bonds. The van der Waals surface area contributed by atoms with Gasteiger partial charge in [0.25, 0.3) is 0 Å². The van der Waals surface area contributed by atoms with Gasteiger partial charge in [0.05, 0.1) is 5.69 Å². The molecular weight excluding hydrogens is 283 g/mol. The lowest BCUT2D eigenvalue weighted by Crippen LogP contribution is -1.91. The predicted molar refractivity (Wildman–Crippen MR) is 85.7 cm³/mol. The summed E-state index contributed by atoms with van der Waals surface area (Å²) in [5, 5.41) is 0. The smallest absolute Gasteiger partial charge is 0.182 e. The molecule has 4 heteroatoms. The molecule has 3 aromatic rings. The van der Waals surface area contributed by atoms with E-state index in [9.17, 15) is 4.39 Å². The van der Waals surface area contributed by atoms with Crippen molar-refractivity contribution in [1.82, 2.24) is 9.55 Å². The number of rotatable bonds is 3. The number of halogens is 1. The predicted octanol–water partition coefficient (Wildman–Crippen LogP) is 4.90. The second kappa shape index (κ2) is 5.66. The highest BCUT2D eigenvalue weighted by Gasteiger charge is 2.05. The number of hydrogen-bond donors (Lipinski definition) is 1. The molecular formula is C17H15FN2S. The van der Waals surface area contributed by atoms with Gasteiger partial charge in [0, 0.05) is 11.9 Å². The van der Waals surface area contributed by atoms with Gasteiger partial charge in [0.2, 0.25) is 0 Å². The van der Waals surface area contributed by atoms with Crippen LogP contribution in [0.4, 0.5) is 4.39 Å².